The molecule has 3 nitrogen and oxygen atoms in total. The molecule has 0 N–H and O–H groups in total. The van der Waals surface area contributed by atoms with Gasteiger partial charge in [0, 0.05) is 53.0 Å². The van der Waals surface area contributed by atoms with Crippen molar-refractivity contribution >= 4 is 43.4 Å². The zero-order valence-electron chi connectivity index (χ0n) is 22.4. The number of para-hydroxylation sites is 1. The smallest absolute Gasteiger partial charge is 0.0970 e. The molecule has 0 aliphatic carbocycles. The number of hydrogen-bond acceptors (Lipinski definition) is 4. The summed E-state index contributed by atoms with van der Waals surface area (Å²) in [5, 5.41) is 3.30. The molecule has 0 atom stereocenters. The van der Waals surface area contributed by atoms with Gasteiger partial charge in [0.05, 0.1) is 16.6 Å². The predicted octanol–water partition coefficient (Wildman–Crippen LogP) is 9.88. The van der Waals surface area contributed by atoms with Crippen LogP contribution >= 0.6 is 11.3 Å². The van der Waals surface area contributed by atoms with Crippen molar-refractivity contribution in [3.63, 3.8) is 0 Å². The molecule has 5 aromatic carbocycles. The van der Waals surface area contributed by atoms with Gasteiger partial charge in [-0.3, -0.25) is 15.0 Å². The zero-order valence-corrected chi connectivity index (χ0v) is 25.7. The molecule has 0 saturated heterocycles. The minimum atomic E-state index is 0. The molecular weight excluding hydrogens is 711 g/mol. The van der Waals surface area contributed by atoms with Crippen LogP contribution in [0.15, 0.2) is 146 Å². The molecule has 1 radical (unpaired) electrons. The molecule has 8 aromatic rings. The quantitative estimate of drug-likeness (QED) is 0.134. The molecule has 3 aromatic heterocycles. The van der Waals surface area contributed by atoms with Crippen molar-refractivity contribution in [2.24, 2.45) is 0 Å². The maximum Gasteiger partial charge on any atom is 0.0970 e. The standard InChI is InChI=1S/C24H16N2.C13H8NS.Ir/c1-3-7-17(8-4-1)19-13-15-25-23-21(19)11-12-22-20(14-16-26-24(22)23)18-9-5-2-6-10-18;1-2-6-10(7-3-1)13-14-11-8-4-5-9-12(11)15-13;/h1-16H;1-6,8-9H;/q;-1;. The number of benzene rings is 5. The Bertz CT molecular complexity index is 1960. The number of fused-ring (bicyclic) bond motifs is 4. The number of pyridine rings is 2. The Morgan fingerprint density at radius 2 is 1.07 bits per heavy atom. The molecule has 0 bridgehead atoms. The summed E-state index contributed by atoms with van der Waals surface area (Å²) in [5.41, 5.74) is 8.78. The van der Waals surface area contributed by atoms with Crippen LogP contribution < -0.4 is 0 Å². The van der Waals surface area contributed by atoms with Gasteiger partial charge in [-0.05, 0) is 46.5 Å². The van der Waals surface area contributed by atoms with Crippen molar-refractivity contribution in [1.82, 2.24) is 15.0 Å². The summed E-state index contributed by atoms with van der Waals surface area (Å²) in [5.74, 6) is 0. The Balaban J connectivity index is 0.000000168. The topological polar surface area (TPSA) is 38.7 Å². The molecule has 203 valence electrons. The Kier molecular flexibility index (Phi) is 8.25. The van der Waals surface area contributed by atoms with Crippen LogP contribution in [0.4, 0.5) is 0 Å². The van der Waals surface area contributed by atoms with Gasteiger partial charge < -0.3 is 0 Å². The third-order valence-corrected chi connectivity index (χ3v) is 8.09. The van der Waals surface area contributed by atoms with Crippen LogP contribution in [0.2, 0.25) is 0 Å². The molecule has 0 spiro atoms. The van der Waals surface area contributed by atoms with Gasteiger partial charge in [0.15, 0.2) is 0 Å². The van der Waals surface area contributed by atoms with Gasteiger partial charge in [-0.25, -0.2) is 0 Å². The van der Waals surface area contributed by atoms with E-state index in [1.54, 1.807) is 11.3 Å². The fourth-order valence-electron chi connectivity index (χ4n) is 5.08. The van der Waals surface area contributed by atoms with Crippen molar-refractivity contribution in [3.05, 3.63) is 152 Å². The van der Waals surface area contributed by atoms with Crippen molar-refractivity contribution in [2.45, 2.75) is 0 Å². The summed E-state index contributed by atoms with van der Waals surface area (Å²) in [4.78, 5) is 13.9. The van der Waals surface area contributed by atoms with Crippen LogP contribution in [-0.2, 0) is 20.1 Å². The van der Waals surface area contributed by atoms with E-state index in [0.717, 1.165) is 37.9 Å². The molecule has 42 heavy (non-hydrogen) atoms. The van der Waals surface area contributed by atoms with Crippen molar-refractivity contribution in [3.8, 4) is 32.8 Å². The van der Waals surface area contributed by atoms with E-state index in [-0.39, 0.29) is 20.1 Å². The second kappa shape index (κ2) is 12.5. The molecule has 5 heteroatoms. The van der Waals surface area contributed by atoms with Crippen molar-refractivity contribution in [2.75, 3.05) is 0 Å². The largest absolute Gasteiger partial charge is 0.285 e. The number of aromatic nitrogens is 3. The van der Waals surface area contributed by atoms with Gasteiger partial charge in [0.2, 0.25) is 0 Å². The SMILES string of the molecule is [Ir].[c-]1ccccc1-c1nc2ccccc2s1.c1ccc(-c2ccnc3c2ccc2c(-c4ccccc4)ccnc23)cc1. The molecule has 0 saturated carbocycles. The normalized spacial score (nSPS) is 10.7. The zero-order chi connectivity index (χ0) is 27.4. The number of hydrogen-bond donors (Lipinski definition) is 0. The maximum atomic E-state index is 4.67. The van der Waals surface area contributed by atoms with Gasteiger partial charge in [0.1, 0.15) is 0 Å². The van der Waals surface area contributed by atoms with E-state index in [4.69, 9.17) is 0 Å². The van der Waals surface area contributed by atoms with Crippen molar-refractivity contribution < 1.29 is 20.1 Å². The van der Waals surface area contributed by atoms with Crippen LogP contribution in [0.25, 0.3) is 64.8 Å². The molecular formula is C37H24IrN3S-. The van der Waals surface area contributed by atoms with Gasteiger partial charge in [-0.15, -0.1) is 35.9 Å². The van der Waals surface area contributed by atoms with Gasteiger partial charge in [0.25, 0.3) is 0 Å². The summed E-state index contributed by atoms with van der Waals surface area (Å²) >= 11 is 1.71. The van der Waals surface area contributed by atoms with E-state index in [2.05, 4.69) is 99.9 Å². The van der Waals surface area contributed by atoms with Crippen LogP contribution in [0.1, 0.15) is 0 Å². The van der Waals surface area contributed by atoms with E-state index in [9.17, 15) is 0 Å². The van der Waals surface area contributed by atoms with Crippen LogP contribution in [-0.4, -0.2) is 15.0 Å². The fraction of sp³-hybridized carbons (Fsp3) is 0. The average Bonchev–Trinajstić information content (AvgIpc) is 3.50. The third-order valence-electron chi connectivity index (χ3n) is 7.02. The first-order valence-electron chi connectivity index (χ1n) is 13.4. The molecule has 0 unspecified atom stereocenters. The van der Waals surface area contributed by atoms with Gasteiger partial charge in [-0.1, -0.05) is 84.9 Å². The monoisotopic (exact) mass is 735 g/mol. The van der Waals surface area contributed by atoms with E-state index < -0.39 is 0 Å². The van der Waals surface area contributed by atoms with E-state index >= 15 is 0 Å². The summed E-state index contributed by atoms with van der Waals surface area (Å²) in [7, 11) is 0. The maximum absolute atomic E-state index is 4.67. The van der Waals surface area contributed by atoms with Crippen LogP contribution in [0.5, 0.6) is 0 Å². The summed E-state index contributed by atoms with van der Waals surface area (Å²) in [6.07, 6.45) is 3.75. The second-order valence-corrected chi connectivity index (χ2v) is 10.6. The third kappa shape index (κ3) is 5.50. The van der Waals surface area contributed by atoms with Gasteiger partial charge >= 0.3 is 0 Å². The van der Waals surface area contributed by atoms with Gasteiger partial charge in [-0.2, -0.15) is 11.3 Å². The Morgan fingerprint density at radius 1 is 0.524 bits per heavy atom. The first-order chi connectivity index (χ1) is 20.3. The molecule has 0 amide bonds. The summed E-state index contributed by atoms with van der Waals surface area (Å²) in [6, 6.07) is 48.7. The molecule has 8 rings (SSSR count). The average molecular weight is 735 g/mol. The second-order valence-electron chi connectivity index (χ2n) is 9.57. The number of rotatable bonds is 3. The first-order valence-corrected chi connectivity index (χ1v) is 14.3. The minimum Gasteiger partial charge on any atom is -0.285 e. The van der Waals surface area contributed by atoms with E-state index in [1.807, 2.05) is 67.0 Å². The first kappa shape index (κ1) is 27.6. The molecule has 0 fully saturated rings. The number of nitrogens with zero attached hydrogens (tertiary/aromatic N) is 3. The summed E-state index contributed by atoms with van der Waals surface area (Å²) in [6.45, 7) is 0. The van der Waals surface area contributed by atoms with E-state index in [0.29, 0.717) is 0 Å². The molecule has 0 aliphatic rings. The number of thiazole rings is 1. The Morgan fingerprint density at radius 3 is 1.62 bits per heavy atom. The molecule has 3 heterocycles. The minimum absolute atomic E-state index is 0. The predicted molar refractivity (Wildman–Crippen MR) is 172 cm³/mol. The van der Waals surface area contributed by atoms with Crippen LogP contribution in [0.3, 0.4) is 0 Å². The van der Waals surface area contributed by atoms with Crippen molar-refractivity contribution in [1.29, 1.82) is 0 Å². The van der Waals surface area contributed by atoms with E-state index in [1.165, 1.54) is 27.0 Å². The Labute approximate surface area is 261 Å². The van der Waals surface area contributed by atoms with Crippen LogP contribution in [0, 0.1) is 6.07 Å². The fourth-order valence-corrected chi connectivity index (χ4v) is 6.03. The summed E-state index contributed by atoms with van der Waals surface area (Å²) < 4.78 is 1.23. The molecule has 0 aliphatic heterocycles. The Hall–Kier alpha value is -4.54.